The fraction of sp³-hybridized carbons (Fsp3) is 0.289. The number of amides is 2. The first kappa shape index (κ1) is 33.1. The molecule has 0 radical (unpaired) electrons. The number of benzene rings is 3. The van der Waals surface area contributed by atoms with E-state index in [-0.39, 0.29) is 23.9 Å². The number of halogens is 2. The SMILES string of the molecule is COc1nc(-c2cccc(-c3cccc(-n4cc5ccc(CNC[C@H]6CCC(=O)N6)cc5c4)c3Cl)c2Cl)ccc1CNC[C@@H]1CCC(=O)N1. The van der Waals surface area contributed by atoms with Gasteiger partial charge in [-0.2, -0.15) is 0 Å². The minimum Gasteiger partial charge on any atom is -0.481 e. The number of ether oxygens (including phenoxy) is 1. The average Bonchev–Trinajstić information content (AvgIpc) is 3.84. The third-order valence-corrected chi connectivity index (χ3v) is 10.1. The molecule has 0 aliphatic carbocycles. The van der Waals surface area contributed by atoms with Crippen LogP contribution in [0, 0.1) is 0 Å². The van der Waals surface area contributed by atoms with Gasteiger partial charge >= 0.3 is 0 Å². The van der Waals surface area contributed by atoms with Crippen molar-refractivity contribution < 1.29 is 14.3 Å². The first-order valence-electron chi connectivity index (χ1n) is 16.6. The Morgan fingerprint density at radius 1 is 0.796 bits per heavy atom. The molecule has 2 amide bonds. The highest BCUT2D eigenvalue weighted by molar-refractivity contribution is 6.39. The van der Waals surface area contributed by atoms with Crippen molar-refractivity contribution in [1.29, 1.82) is 0 Å². The van der Waals surface area contributed by atoms with E-state index < -0.39 is 0 Å². The molecule has 2 saturated heterocycles. The zero-order chi connectivity index (χ0) is 33.9. The third-order valence-electron chi connectivity index (χ3n) is 9.26. The Morgan fingerprint density at radius 3 is 2.14 bits per heavy atom. The van der Waals surface area contributed by atoms with E-state index in [4.69, 9.17) is 32.9 Å². The molecule has 5 aromatic rings. The first-order valence-corrected chi connectivity index (χ1v) is 17.3. The molecular formula is C38H38Cl2N6O3. The summed E-state index contributed by atoms with van der Waals surface area (Å²) in [6, 6.07) is 22.6. The van der Waals surface area contributed by atoms with E-state index in [9.17, 15) is 9.59 Å². The lowest BCUT2D eigenvalue weighted by Gasteiger charge is -2.16. The number of rotatable bonds is 12. The van der Waals surface area contributed by atoms with Crippen LogP contribution in [0.5, 0.6) is 5.88 Å². The molecule has 49 heavy (non-hydrogen) atoms. The molecule has 3 aromatic carbocycles. The number of carbonyl (C=O) groups excluding carboxylic acids is 2. The van der Waals surface area contributed by atoms with E-state index in [0.29, 0.717) is 47.6 Å². The fourth-order valence-corrected chi connectivity index (χ4v) is 7.32. The monoisotopic (exact) mass is 696 g/mol. The van der Waals surface area contributed by atoms with Crippen LogP contribution in [0.25, 0.3) is 38.8 Å². The van der Waals surface area contributed by atoms with Crippen molar-refractivity contribution in [2.45, 2.75) is 50.9 Å². The highest BCUT2D eigenvalue weighted by atomic mass is 35.5. The van der Waals surface area contributed by atoms with Gasteiger partial charge in [0.2, 0.25) is 17.7 Å². The van der Waals surface area contributed by atoms with E-state index >= 15 is 0 Å². The Hall–Kier alpha value is -4.41. The van der Waals surface area contributed by atoms with Crippen LogP contribution in [-0.4, -0.2) is 53.6 Å². The number of aromatic nitrogens is 2. The molecule has 11 heteroatoms. The van der Waals surface area contributed by atoms with Crippen molar-refractivity contribution >= 4 is 45.8 Å². The molecule has 7 rings (SSSR count). The van der Waals surface area contributed by atoms with Gasteiger partial charge in [-0.25, -0.2) is 4.98 Å². The van der Waals surface area contributed by atoms with Crippen molar-refractivity contribution in [3.8, 4) is 34.0 Å². The Kier molecular flexibility index (Phi) is 9.86. The molecule has 2 aromatic heterocycles. The number of fused-ring (bicyclic) bond motifs is 1. The predicted octanol–water partition coefficient (Wildman–Crippen LogP) is 6.41. The molecule has 2 aliphatic rings. The van der Waals surface area contributed by atoms with Gasteiger partial charge in [-0.3, -0.25) is 9.59 Å². The van der Waals surface area contributed by atoms with Crippen LogP contribution in [0.1, 0.15) is 36.8 Å². The molecule has 0 unspecified atom stereocenters. The zero-order valence-electron chi connectivity index (χ0n) is 27.2. The largest absolute Gasteiger partial charge is 0.481 e. The van der Waals surface area contributed by atoms with Crippen LogP contribution in [-0.2, 0) is 22.7 Å². The summed E-state index contributed by atoms with van der Waals surface area (Å²) in [5, 5.41) is 16.2. The quantitative estimate of drug-likeness (QED) is 0.120. The van der Waals surface area contributed by atoms with Crippen molar-refractivity contribution in [2.75, 3.05) is 20.2 Å². The molecule has 9 nitrogen and oxygen atoms in total. The van der Waals surface area contributed by atoms with Crippen LogP contribution >= 0.6 is 23.2 Å². The molecule has 4 N–H and O–H groups in total. The molecule has 0 bridgehead atoms. The Morgan fingerprint density at radius 2 is 1.45 bits per heavy atom. The normalized spacial score (nSPS) is 17.4. The lowest BCUT2D eigenvalue weighted by atomic mass is 10.00. The smallest absolute Gasteiger partial charge is 0.220 e. The van der Waals surface area contributed by atoms with Crippen molar-refractivity contribution in [3.63, 3.8) is 0 Å². The fourth-order valence-electron chi connectivity index (χ4n) is 6.67. The molecular weight excluding hydrogens is 659 g/mol. The summed E-state index contributed by atoms with van der Waals surface area (Å²) in [5.74, 6) is 0.754. The van der Waals surface area contributed by atoms with Crippen molar-refractivity contribution in [2.24, 2.45) is 0 Å². The summed E-state index contributed by atoms with van der Waals surface area (Å²) < 4.78 is 7.71. The Balaban J connectivity index is 1.09. The van der Waals surface area contributed by atoms with Gasteiger partial charge in [-0.05, 0) is 42.0 Å². The molecule has 252 valence electrons. The average molecular weight is 698 g/mol. The predicted molar refractivity (Wildman–Crippen MR) is 194 cm³/mol. The van der Waals surface area contributed by atoms with Gasteiger partial charge in [0.1, 0.15) is 0 Å². The minimum absolute atomic E-state index is 0.105. The first-order chi connectivity index (χ1) is 23.9. The number of nitrogens with one attached hydrogen (secondary N) is 4. The van der Waals surface area contributed by atoms with Gasteiger partial charge in [0.05, 0.1) is 28.5 Å². The standard InChI is InChI=1S/C38H38Cl2N6O3/c1-49-38-24(18-42-20-28-12-15-35(48)44-28)10-13-32(45-38)31-6-2-4-29(36(31)39)30-5-3-7-33(37(30)40)46-21-25-9-8-23(16-26(25)22-46)17-41-19-27-11-14-34(47)43-27/h2-10,13,16,21-22,27-28,41-42H,11-12,14-15,17-20H2,1H3,(H,43,47)(H,44,48)/t27-,28+/m1/s1. The molecule has 2 atom stereocenters. The number of hydrogen-bond acceptors (Lipinski definition) is 6. The van der Waals surface area contributed by atoms with Gasteiger partial charge < -0.3 is 30.6 Å². The van der Waals surface area contributed by atoms with Gasteiger partial charge in [0.15, 0.2) is 0 Å². The van der Waals surface area contributed by atoms with Crippen LogP contribution in [0.4, 0.5) is 0 Å². The van der Waals surface area contributed by atoms with E-state index in [1.54, 1.807) is 7.11 Å². The van der Waals surface area contributed by atoms with E-state index in [1.165, 1.54) is 5.56 Å². The number of hydrogen-bond donors (Lipinski definition) is 4. The summed E-state index contributed by atoms with van der Waals surface area (Å²) in [6.45, 7) is 2.73. The van der Waals surface area contributed by atoms with E-state index in [0.717, 1.165) is 64.6 Å². The summed E-state index contributed by atoms with van der Waals surface area (Å²) in [5.41, 5.74) is 6.03. The molecule has 0 spiro atoms. The highest BCUT2D eigenvalue weighted by Crippen LogP contribution is 2.41. The maximum atomic E-state index is 11.5. The number of nitrogens with zero attached hydrogens (tertiary/aromatic N) is 2. The second-order valence-corrected chi connectivity index (χ2v) is 13.4. The van der Waals surface area contributed by atoms with Crippen LogP contribution < -0.4 is 26.0 Å². The molecule has 2 fully saturated rings. The third kappa shape index (κ3) is 7.31. The second-order valence-electron chi connectivity index (χ2n) is 12.7. The summed E-state index contributed by atoms with van der Waals surface area (Å²) in [4.78, 5) is 27.8. The maximum absolute atomic E-state index is 11.5. The van der Waals surface area contributed by atoms with Gasteiger partial charge in [0.25, 0.3) is 0 Å². The zero-order valence-corrected chi connectivity index (χ0v) is 28.7. The van der Waals surface area contributed by atoms with Crippen LogP contribution in [0.15, 0.2) is 79.1 Å². The number of carbonyl (C=O) groups is 2. The molecule has 0 saturated carbocycles. The molecule has 4 heterocycles. The number of methoxy groups -OCH3 is 1. The van der Waals surface area contributed by atoms with Crippen LogP contribution in [0.3, 0.4) is 0 Å². The summed E-state index contributed by atoms with van der Waals surface area (Å²) >= 11 is 14.2. The van der Waals surface area contributed by atoms with E-state index in [2.05, 4.69) is 56.4 Å². The topological polar surface area (TPSA) is 109 Å². The van der Waals surface area contributed by atoms with E-state index in [1.807, 2.05) is 48.5 Å². The minimum atomic E-state index is 0.105. The van der Waals surface area contributed by atoms with Gasteiger partial charge in [-0.1, -0.05) is 71.7 Å². The Bertz CT molecular complexity index is 2030. The van der Waals surface area contributed by atoms with Crippen molar-refractivity contribution in [1.82, 2.24) is 30.8 Å². The summed E-state index contributed by atoms with van der Waals surface area (Å²) in [6.07, 6.45) is 7.08. The summed E-state index contributed by atoms with van der Waals surface area (Å²) in [7, 11) is 1.61. The maximum Gasteiger partial charge on any atom is 0.220 e. The van der Waals surface area contributed by atoms with Crippen molar-refractivity contribution in [3.05, 3.63) is 100 Å². The molecule has 2 aliphatic heterocycles. The second kappa shape index (κ2) is 14.6. The van der Waals surface area contributed by atoms with Gasteiger partial charge in [-0.15, -0.1) is 0 Å². The highest BCUT2D eigenvalue weighted by Gasteiger charge is 2.22. The number of pyridine rings is 1. The van der Waals surface area contributed by atoms with Crippen LogP contribution in [0.2, 0.25) is 10.0 Å². The lowest BCUT2D eigenvalue weighted by Crippen LogP contribution is -2.35. The lowest BCUT2D eigenvalue weighted by molar-refractivity contribution is -0.120. The Labute approximate surface area is 295 Å². The van der Waals surface area contributed by atoms with Gasteiger partial charge in [0, 0.05) is 91.1 Å².